The Morgan fingerprint density at radius 2 is 1.86 bits per heavy atom. The molecule has 0 bridgehead atoms. The number of ether oxygens (including phenoxy) is 1. The van der Waals surface area contributed by atoms with E-state index < -0.39 is 27.0 Å². The Morgan fingerprint density at radius 1 is 1.19 bits per heavy atom. The number of sulfonamides is 1. The van der Waals surface area contributed by atoms with Crippen molar-refractivity contribution in [1.29, 1.82) is 0 Å². The Bertz CT molecular complexity index is 547. The smallest absolute Gasteiger partial charge is 0.404 e. The molecule has 120 valence electrons. The third-order valence-corrected chi connectivity index (χ3v) is 3.94. The van der Waals surface area contributed by atoms with Crippen molar-refractivity contribution >= 4 is 10.0 Å². The van der Waals surface area contributed by atoms with E-state index in [1.54, 1.807) is 0 Å². The topological polar surface area (TPSA) is 67.4 Å². The van der Waals surface area contributed by atoms with Crippen LogP contribution >= 0.6 is 0 Å². The molecule has 0 fully saturated rings. The summed E-state index contributed by atoms with van der Waals surface area (Å²) in [6.45, 7) is 3.40. The van der Waals surface area contributed by atoms with Gasteiger partial charge in [-0.25, -0.2) is 13.1 Å². The summed E-state index contributed by atoms with van der Waals surface area (Å²) in [5.41, 5.74) is 0. The van der Waals surface area contributed by atoms with Crippen molar-refractivity contribution in [2.45, 2.75) is 24.6 Å². The molecule has 5 nitrogen and oxygen atoms in total. The maximum atomic E-state index is 12.3. The predicted octanol–water partition coefficient (Wildman–Crippen LogP) is 1.86. The summed E-state index contributed by atoms with van der Waals surface area (Å²) in [4.78, 5) is -0.536. The first-order chi connectivity index (χ1) is 9.76. The fourth-order valence-corrected chi connectivity index (χ4v) is 2.76. The Labute approximate surface area is 121 Å². The standard InChI is InChI=1S/C12H17F3N2O3S/c1-2-16-8-5-9-17-21(18,19)11-7-4-3-6-10(11)20-12(13,14)15/h3-4,6-7,16-17H,2,5,8-9H2,1H3. The van der Waals surface area contributed by atoms with Crippen LogP contribution in [0.4, 0.5) is 13.2 Å². The highest BCUT2D eigenvalue weighted by Crippen LogP contribution is 2.29. The highest BCUT2D eigenvalue weighted by Gasteiger charge is 2.33. The maximum absolute atomic E-state index is 12.3. The van der Waals surface area contributed by atoms with Crippen LogP contribution in [0.2, 0.25) is 0 Å². The van der Waals surface area contributed by atoms with Gasteiger partial charge in [0.2, 0.25) is 10.0 Å². The van der Waals surface area contributed by atoms with Crippen LogP contribution in [-0.2, 0) is 10.0 Å². The molecule has 0 saturated carbocycles. The molecule has 0 aliphatic carbocycles. The molecule has 0 unspecified atom stereocenters. The average molecular weight is 326 g/mol. The molecule has 0 aliphatic rings. The second kappa shape index (κ2) is 7.62. The SMILES string of the molecule is CCNCCCNS(=O)(=O)c1ccccc1OC(F)(F)F. The molecule has 21 heavy (non-hydrogen) atoms. The Morgan fingerprint density at radius 3 is 2.48 bits per heavy atom. The molecule has 0 heterocycles. The predicted molar refractivity (Wildman–Crippen MR) is 71.5 cm³/mol. The van der Waals surface area contributed by atoms with Crippen LogP contribution in [-0.4, -0.2) is 34.4 Å². The number of alkyl halides is 3. The Hall–Kier alpha value is -1.32. The molecule has 0 spiro atoms. The molecule has 1 rings (SSSR count). The lowest BCUT2D eigenvalue weighted by atomic mass is 10.3. The van der Waals surface area contributed by atoms with E-state index in [-0.39, 0.29) is 6.54 Å². The lowest BCUT2D eigenvalue weighted by Gasteiger charge is -2.13. The quantitative estimate of drug-likeness (QED) is 0.716. The van der Waals surface area contributed by atoms with Crippen molar-refractivity contribution in [3.8, 4) is 5.75 Å². The van der Waals surface area contributed by atoms with Crippen LogP contribution in [0.1, 0.15) is 13.3 Å². The summed E-state index contributed by atoms with van der Waals surface area (Å²) in [5, 5.41) is 3.01. The fourth-order valence-electron chi connectivity index (χ4n) is 1.56. The molecule has 9 heteroatoms. The summed E-state index contributed by atoms with van der Waals surface area (Å²) in [7, 11) is -4.05. The number of para-hydroxylation sites is 1. The summed E-state index contributed by atoms with van der Waals surface area (Å²) in [5.74, 6) is -0.746. The number of rotatable bonds is 8. The zero-order valence-electron chi connectivity index (χ0n) is 11.4. The molecular weight excluding hydrogens is 309 g/mol. The molecule has 0 saturated heterocycles. The maximum Gasteiger partial charge on any atom is 0.573 e. The van der Waals surface area contributed by atoms with Gasteiger partial charge in [-0.2, -0.15) is 0 Å². The Balaban J connectivity index is 2.78. The molecule has 0 radical (unpaired) electrons. The zero-order valence-corrected chi connectivity index (χ0v) is 12.2. The second-order valence-electron chi connectivity index (χ2n) is 4.10. The number of hydrogen-bond donors (Lipinski definition) is 2. The van der Waals surface area contributed by atoms with E-state index in [2.05, 4.69) is 14.8 Å². The van der Waals surface area contributed by atoms with Gasteiger partial charge in [0.05, 0.1) is 0 Å². The van der Waals surface area contributed by atoms with Crippen molar-refractivity contribution in [2.24, 2.45) is 0 Å². The van der Waals surface area contributed by atoms with Gasteiger partial charge in [0.25, 0.3) is 0 Å². The minimum atomic E-state index is -4.95. The molecular formula is C12H17F3N2O3S. The van der Waals surface area contributed by atoms with E-state index in [0.717, 1.165) is 18.7 Å². The summed E-state index contributed by atoms with van der Waals surface area (Å²) in [6.07, 6.45) is -4.42. The number of halogens is 3. The first kappa shape index (κ1) is 17.7. The minimum absolute atomic E-state index is 0.121. The van der Waals surface area contributed by atoms with E-state index in [4.69, 9.17) is 0 Å². The van der Waals surface area contributed by atoms with Gasteiger partial charge in [-0.15, -0.1) is 13.2 Å². The largest absolute Gasteiger partial charge is 0.573 e. The molecule has 0 aliphatic heterocycles. The highest BCUT2D eigenvalue weighted by atomic mass is 32.2. The van der Waals surface area contributed by atoms with Gasteiger partial charge >= 0.3 is 6.36 Å². The van der Waals surface area contributed by atoms with E-state index in [1.165, 1.54) is 12.1 Å². The monoisotopic (exact) mass is 326 g/mol. The first-order valence-corrected chi connectivity index (χ1v) is 7.80. The van der Waals surface area contributed by atoms with Gasteiger partial charge < -0.3 is 10.1 Å². The van der Waals surface area contributed by atoms with Gasteiger partial charge in [-0.1, -0.05) is 19.1 Å². The number of nitrogens with one attached hydrogen (secondary N) is 2. The van der Waals surface area contributed by atoms with Crippen molar-refractivity contribution in [3.05, 3.63) is 24.3 Å². The van der Waals surface area contributed by atoms with Crippen molar-refractivity contribution in [2.75, 3.05) is 19.6 Å². The highest BCUT2D eigenvalue weighted by molar-refractivity contribution is 7.89. The third kappa shape index (κ3) is 6.32. The summed E-state index contributed by atoms with van der Waals surface area (Å²) in [6, 6.07) is 4.62. The number of benzene rings is 1. The molecule has 0 aromatic heterocycles. The van der Waals surface area contributed by atoms with Crippen LogP contribution in [0, 0.1) is 0 Å². The molecule has 2 N–H and O–H groups in total. The molecule has 1 aromatic rings. The molecule has 1 aromatic carbocycles. The number of hydrogen-bond acceptors (Lipinski definition) is 4. The van der Waals surface area contributed by atoms with E-state index in [0.29, 0.717) is 13.0 Å². The van der Waals surface area contributed by atoms with Crippen LogP contribution in [0.3, 0.4) is 0 Å². The van der Waals surface area contributed by atoms with E-state index in [9.17, 15) is 21.6 Å². The summed E-state index contributed by atoms with van der Waals surface area (Å²) >= 11 is 0. The van der Waals surface area contributed by atoms with Gasteiger partial charge in [0.1, 0.15) is 10.6 Å². The van der Waals surface area contributed by atoms with Crippen molar-refractivity contribution in [1.82, 2.24) is 10.0 Å². The van der Waals surface area contributed by atoms with Gasteiger partial charge in [-0.3, -0.25) is 0 Å². The molecule has 0 atom stereocenters. The van der Waals surface area contributed by atoms with Gasteiger partial charge in [-0.05, 0) is 31.6 Å². The van der Waals surface area contributed by atoms with Crippen LogP contribution in [0.15, 0.2) is 29.2 Å². The van der Waals surface area contributed by atoms with Crippen LogP contribution in [0.25, 0.3) is 0 Å². The fraction of sp³-hybridized carbons (Fsp3) is 0.500. The third-order valence-electron chi connectivity index (χ3n) is 2.44. The zero-order chi connectivity index (χ0) is 15.9. The van der Waals surface area contributed by atoms with Crippen LogP contribution < -0.4 is 14.8 Å². The van der Waals surface area contributed by atoms with E-state index >= 15 is 0 Å². The summed E-state index contributed by atoms with van der Waals surface area (Å²) < 4.78 is 66.7. The first-order valence-electron chi connectivity index (χ1n) is 6.31. The van der Waals surface area contributed by atoms with Crippen molar-refractivity contribution < 1.29 is 26.3 Å². The molecule has 0 amide bonds. The minimum Gasteiger partial charge on any atom is -0.404 e. The van der Waals surface area contributed by atoms with Gasteiger partial charge in [0, 0.05) is 6.54 Å². The van der Waals surface area contributed by atoms with E-state index in [1.807, 2.05) is 6.92 Å². The Kier molecular flexibility index (Phi) is 6.43. The van der Waals surface area contributed by atoms with Gasteiger partial charge in [0.15, 0.2) is 0 Å². The van der Waals surface area contributed by atoms with Crippen molar-refractivity contribution in [3.63, 3.8) is 0 Å². The lowest BCUT2D eigenvalue weighted by molar-refractivity contribution is -0.275. The second-order valence-corrected chi connectivity index (χ2v) is 5.83. The van der Waals surface area contributed by atoms with Crippen LogP contribution in [0.5, 0.6) is 5.75 Å². The average Bonchev–Trinajstić information content (AvgIpc) is 2.37. The lowest BCUT2D eigenvalue weighted by Crippen LogP contribution is -2.28. The normalized spacial score (nSPS) is 12.4.